The van der Waals surface area contributed by atoms with E-state index in [1.807, 2.05) is 30.9 Å². The fourth-order valence-corrected chi connectivity index (χ4v) is 3.83. The van der Waals surface area contributed by atoms with E-state index in [2.05, 4.69) is 10.1 Å². The van der Waals surface area contributed by atoms with Gasteiger partial charge in [0, 0.05) is 42.5 Å². The molecule has 0 spiro atoms. The number of carbonyl (C=O) groups is 1. The number of aryl methyl sites for hydroxylation is 2. The van der Waals surface area contributed by atoms with Gasteiger partial charge in [-0.1, -0.05) is 12.1 Å². The van der Waals surface area contributed by atoms with Crippen LogP contribution in [0.3, 0.4) is 0 Å². The Kier molecular flexibility index (Phi) is 4.64. The molecule has 3 aromatic rings. The van der Waals surface area contributed by atoms with Crippen molar-refractivity contribution in [2.24, 2.45) is 0 Å². The summed E-state index contributed by atoms with van der Waals surface area (Å²) in [4.78, 5) is 19.0. The maximum absolute atomic E-state index is 13.5. The molecule has 0 bridgehead atoms. The average molecular weight is 366 g/mol. The summed E-state index contributed by atoms with van der Waals surface area (Å²) >= 11 is 0. The zero-order chi connectivity index (χ0) is 19.0. The molecule has 1 aromatic carbocycles. The van der Waals surface area contributed by atoms with Crippen molar-refractivity contribution in [2.75, 3.05) is 13.1 Å². The molecule has 1 aliphatic rings. The average Bonchev–Trinajstić information content (AvgIpc) is 3.31. The van der Waals surface area contributed by atoms with Crippen LogP contribution >= 0.6 is 0 Å². The Morgan fingerprint density at radius 1 is 1.19 bits per heavy atom. The van der Waals surface area contributed by atoms with E-state index in [0.29, 0.717) is 18.5 Å². The molecule has 6 heteroatoms. The summed E-state index contributed by atoms with van der Waals surface area (Å²) in [5.41, 5.74) is 5.11. The molecule has 0 N–H and O–H groups in total. The van der Waals surface area contributed by atoms with E-state index in [9.17, 15) is 9.18 Å². The zero-order valence-corrected chi connectivity index (χ0v) is 15.7. The van der Waals surface area contributed by atoms with Gasteiger partial charge in [0.2, 0.25) is 5.91 Å². The molecule has 0 radical (unpaired) electrons. The molecule has 1 aliphatic heterocycles. The van der Waals surface area contributed by atoms with E-state index >= 15 is 0 Å². The number of amides is 1. The minimum absolute atomic E-state index is 0.215. The summed E-state index contributed by atoms with van der Waals surface area (Å²) in [6.45, 7) is 5.73. The molecule has 0 atom stereocenters. The lowest BCUT2D eigenvalue weighted by molar-refractivity contribution is -0.130. The van der Waals surface area contributed by atoms with E-state index in [4.69, 9.17) is 0 Å². The van der Waals surface area contributed by atoms with Crippen molar-refractivity contribution in [3.8, 4) is 11.3 Å². The molecule has 1 saturated heterocycles. The maximum atomic E-state index is 13.5. The second kappa shape index (κ2) is 7.10. The Morgan fingerprint density at radius 2 is 1.96 bits per heavy atom. The first-order chi connectivity index (χ1) is 13.0. The van der Waals surface area contributed by atoms with Crippen molar-refractivity contribution in [3.05, 3.63) is 53.1 Å². The Bertz CT molecular complexity index is 1000. The van der Waals surface area contributed by atoms with Crippen molar-refractivity contribution >= 4 is 11.6 Å². The standard InChI is InChI=1S/C21H23FN4O/c1-14-18(8-9-21(27)25-10-3-4-11-25)15(2)26-20(23-14)13-19(24-26)16-6-5-7-17(22)12-16/h5-7,12-13H,3-4,8-11H2,1-2H3. The van der Waals surface area contributed by atoms with Gasteiger partial charge in [-0.05, 0) is 50.8 Å². The first kappa shape index (κ1) is 17.6. The van der Waals surface area contributed by atoms with Crippen LogP contribution in [0.2, 0.25) is 0 Å². The number of hydrogen-bond donors (Lipinski definition) is 0. The lowest BCUT2D eigenvalue weighted by Gasteiger charge is -2.16. The predicted octanol–water partition coefficient (Wildman–Crippen LogP) is 3.71. The molecule has 1 fully saturated rings. The van der Waals surface area contributed by atoms with Gasteiger partial charge < -0.3 is 4.90 Å². The Hall–Kier alpha value is -2.76. The molecular weight excluding hydrogens is 343 g/mol. The van der Waals surface area contributed by atoms with Crippen LogP contribution < -0.4 is 0 Å². The van der Waals surface area contributed by atoms with Gasteiger partial charge in [-0.2, -0.15) is 5.10 Å². The van der Waals surface area contributed by atoms with Gasteiger partial charge in [-0.25, -0.2) is 13.9 Å². The molecule has 0 unspecified atom stereocenters. The third-order valence-corrected chi connectivity index (χ3v) is 5.33. The highest BCUT2D eigenvalue weighted by molar-refractivity contribution is 5.76. The highest BCUT2D eigenvalue weighted by Crippen LogP contribution is 2.23. The van der Waals surface area contributed by atoms with Gasteiger partial charge in [-0.15, -0.1) is 0 Å². The summed E-state index contributed by atoms with van der Waals surface area (Å²) in [5, 5.41) is 4.62. The number of carbonyl (C=O) groups excluding carboxylic acids is 1. The van der Waals surface area contributed by atoms with E-state index < -0.39 is 0 Å². The number of nitrogens with zero attached hydrogens (tertiary/aromatic N) is 4. The van der Waals surface area contributed by atoms with Crippen molar-refractivity contribution in [2.45, 2.75) is 39.5 Å². The maximum Gasteiger partial charge on any atom is 0.222 e. The quantitative estimate of drug-likeness (QED) is 0.707. The van der Waals surface area contributed by atoms with Gasteiger partial charge in [0.05, 0.1) is 5.69 Å². The van der Waals surface area contributed by atoms with E-state index in [1.54, 1.807) is 10.6 Å². The number of rotatable bonds is 4. The van der Waals surface area contributed by atoms with Crippen LogP contribution in [0, 0.1) is 19.7 Å². The monoisotopic (exact) mass is 366 g/mol. The fourth-order valence-electron chi connectivity index (χ4n) is 3.83. The van der Waals surface area contributed by atoms with Crippen molar-refractivity contribution in [1.82, 2.24) is 19.5 Å². The Morgan fingerprint density at radius 3 is 2.70 bits per heavy atom. The van der Waals surface area contributed by atoms with Gasteiger partial charge in [0.15, 0.2) is 5.65 Å². The van der Waals surface area contributed by atoms with Crippen LogP contribution in [-0.4, -0.2) is 38.5 Å². The molecule has 3 heterocycles. The van der Waals surface area contributed by atoms with Crippen molar-refractivity contribution in [1.29, 1.82) is 0 Å². The lowest BCUT2D eigenvalue weighted by Crippen LogP contribution is -2.28. The number of hydrogen-bond acceptors (Lipinski definition) is 3. The van der Waals surface area contributed by atoms with Crippen LogP contribution in [0.15, 0.2) is 30.3 Å². The summed E-state index contributed by atoms with van der Waals surface area (Å²) in [6, 6.07) is 8.27. The van der Waals surface area contributed by atoms with Gasteiger partial charge >= 0.3 is 0 Å². The molecule has 2 aromatic heterocycles. The minimum Gasteiger partial charge on any atom is -0.343 e. The minimum atomic E-state index is -0.286. The molecule has 27 heavy (non-hydrogen) atoms. The van der Waals surface area contributed by atoms with Crippen LogP contribution in [0.1, 0.15) is 36.2 Å². The van der Waals surface area contributed by atoms with Crippen LogP contribution in [0.25, 0.3) is 16.9 Å². The van der Waals surface area contributed by atoms with E-state index in [-0.39, 0.29) is 11.7 Å². The Balaban J connectivity index is 1.63. The molecule has 5 nitrogen and oxygen atoms in total. The second-order valence-corrected chi connectivity index (χ2v) is 7.16. The van der Waals surface area contributed by atoms with E-state index in [1.165, 1.54) is 12.1 Å². The van der Waals surface area contributed by atoms with E-state index in [0.717, 1.165) is 54.1 Å². The topological polar surface area (TPSA) is 50.5 Å². The number of likely N-dealkylation sites (tertiary alicyclic amines) is 1. The summed E-state index contributed by atoms with van der Waals surface area (Å²) < 4.78 is 15.3. The van der Waals surface area contributed by atoms with Crippen molar-refractivity contribution < 1.29 is 9.18 Å². The highest BCUT2D eigenvalue weighted by Gasteiger charge is 2.19. The second-order valence-electron chi connectivity index (χ2n) is 7.16. The van der Waals surface area contributed by atoms with Crippen LogP contribution in [0.5, 0.6) is 0 Å². The number of fused-ring (bicyclic) bond motifs is 1. The molecule has 0 aliphatic carbocycles. The highest BCUT2D eigenvalue weighted by atomic mass is 19.1. The fraction of sp³-hybridized carbons (Fsp3) is 0.381. The summed E-state index contributed by atoms with van der Waals surface area (Å²) in [7, 11) is 0. The third-order valence-electron chi connectivity index (χ3n) is 5.33. The van der Waals surface area contributed by atoms with Crippen LogP contribution in [0.4, 0.5) is 4.39 Å². The predicted molar refractivity (Wildman–Crippen MR) is 102 cm³/mol. The lowest BCUT2D eigenvalue weighted by atomic mass is 10.1. The molecule has 4 rings (SSSR count). The molecular formula is C21H23FN4O. The van der Waals surface area contributed by atoms with Crippen LogP contribution in [-0.2, 0) is 11.2 Å². The normalized spacial score (nSPS) is 14.3. The number of benzene rings is 1. The molecule has 1 amide bonds. The van der Waals surface area contributed by atoms with Gasteiger partial charge in [0.25, 0.3) is 0 Å². The molecule has 140 valence electrons. The smallest absolute Gasteiger partial charge is 0.222 e. The molecule has 0 saturated carbocycles. The number of aromatic nitrogens is 3. The summed E-state index contributed by atoms with van der Waals surface area (Å²) in [6.07, 6.45) is 3.36. The van der Waals surface area contributed by atoms with Gasteiger partial charge in [0.1, 0.15) is 5.82 Å². The first-order valence-electron chi connectivity index (χ1n) is 9.42. The van der Waals surface area contributed by atoms with Crippen molar-refractivity contribution in [3.63, 3.8) is 0 Å². The van der Waals surface area contributed by atoms with Gasteiger partial charge in [-0.3, -0.25) is 4.79 Å². The summed E-state index contributed by atoms with van der Waals surface area (Å²) in [5.74, 6) is -0.0705. The Labute approximate surface area is 157 Å². The number of halogens is 1. The first-order valence-corrected chi connectivity index (χ1v) is 9.42. The largest absolute Gasteiger partial charge is 0.343 e. The zero-order valence-electron chi connectivity index (χ0n) is 15.7. The third kappa shape index (κ3) is 3.44. The SMILES string of the molecule is Cc1nc2cc(-c3cccc(F)c3)nn2c(C)c1CCC(=O)N1CCCC1.